The number of hydrogen-bond acceptors (Lipinski definition) is 5. The number of carbonyl (C=O) groups is 1. The Labute approximate surface area is 134 Å². The van der Waals surface area contributed by atoms with E-state index in [0.29, 0.717) is 11.3 Å². The zero-order chi connectivity index (χ0) is 16.4. The van der Waals surface area contributed by atoms with E-state index in [2.05, 4.69) is 20.5 Å². The molecule has 1 amide bonds. The molecule has 1 fully saturated rings. The Morgan fingerprint density at radius 3 is 2.87 bits per heavy atom. The van der Waals surface area contributed by atoms with Gasteiger partial charge in [-0.05, 0) is 25.8 Å². The maximum Gasteiger partial charge on any atom is 0.225 e. The molecule has 0 aromatic carbocycles. The second-order valence-corrected chi connectivity index (χ2v) is 8.42. The molecule has 1 saturated carbocycles. The maximum absolute atomic E-state index is 12.2. The van der Waals surface area contributed by atoms with Crippen molar-refractivity contribution >= 4 is 32.5 Å². The van der Waals surface area contributed by atoms with Crippen LogP contribution in [-0.4, -0.2) is 40.5 Å². The minimum atomic E-state index is -3.17. The van der Waals surface area contributed by atoms with Crippen LogP contribution in [-0.2, 0) is 14.6 Å². The molecule has 1 aliphatic rings. The molecule has 0 saturated heterocycles. The molecule has 1 aliphatic carbocycles. The normalized spacial score (nSPS) is 16.0. The van der Waals surface area contributed by atoms with Gasteiger partial charge in [0.25, 0.3) is 0 Å². The molecule has 0 atom stereocenters. The van der Waals surface area contributed by atoms with Crippen LogP contribution < -0.4 is 5.32 Å². The number of aryl methyl sites for hydroxylation is 1. The Balaban J connectivity index is 1.61. The number of rotatable bonds is 5. The number of H-pyrrole nitrogens is 1. The summed E-state index contributed by atoms with van der Waals surface area (Å²) in [5.74, 6) is -0.405. The van der Waals surface area contributed by atoms with E-state index in [1.807, 2.05) is 6.92 Å². The summed E-state index contributed by atoms with van der Waals surface area (Å²) in [5.41, 5.74) is 2.00. The molecule has 7 nitrogen and oxygen atoms in total. The van der Waals surface area contributed by atoms with Crippen molar-refractivity contribution < 1.29 is 13.2 Å². The molecular weight excluding hydrogens is 316 g/mol. The molecule has 0 unspecified atom stereocenters. The first-order valence-electron chi connectivity index (χ1n) is 7.78. The zero-order valence-electron chi connectivity index (χ0n) is 13.0. The Kier molecular flexibility index (Phi) is 4.34. The lowest BCUT2D eigenvalue weighted by molar-refractivity contribution is -0.115. The van der Waals surface area contributed by atoms with Gasteiger partial charge in [0.05, 0.1) is 22.9 Å². The van der Waals surface area contributed by atoms with Crippen LogP contribution >= 0.6 is 0 Å². The standard InChI is InChI=1S/C15H20N4O3S/c1-10-13-8-11(9-16-15(13)19-18-10)17-14(20)6-7-23(21,22)12-4-2-3-5-12/h8-9,12H,2-7H2,1H3,(H,17,20)(H,16,18,19). The molecule has 0 spiro atoms. The van der Waals surface area contributed by atoms with Crippen LogP contribution in [0.1, 0.15) is 37.8 Å². The Morgan fingerprint density at radius 2 is 2.13 bits per heavy atom. The smallest absolute Gasteiger partial charge is 0.225 e. The summed E-state index contributed by atoms with van der Waals surface area (Å²) in [6, 6.07) is 1.78. The Bertz CT molecular complexity index is 822. The highest BCUT2D eigenvalue weighted by atomic mass is 32.2. The topological polar surface area (TPSA) is 105 Å². The largest absolute Gasteiger partial charge is 0.325 e. The fourth-order valence-electron chi connectivity index (χ4n) is 2.96. The van der Waals surface area contributed by atoms with Gasteiger partial charge in [-0.3, -0.25) is 9.89 Å². The molecule has 2 N–H and O–H groups in total. The molecule has 124 valence electrons. The number of nitrogens with one attached hydrogen (secondary N) is 2. The average Bonchev–Trinajstić information content (AvgIpc) is 3.17. The van der Waals surface area contributed by atoms with Gasteiger partial charge in [0, 0.05) is 17.5 Å². The highest BCUT2D eigenvalue weighted by molar-refractivity contribution is 7.92. The molecule has 3 rings (SSSR count). The molecule has 0 aliphatic heterocycles. The number of fused-ring (bicyclic) bond motifs is 1. The van der Waals surface area contributed by atoms with Crippen molar-refractivity contribution in [2.24, 2.45) is 0 Å². The van der Waals surface area contributed by atoms with Crippen molar-refractivity contribution in [2.75, 3.05) is 11.1 Å². The number of hydrogen-bond donors (Lipinski definition) is 2. The number of nitrogens with zero attached hydrogens (tertiary/aromatic N) is 2. The number of anilines is 1. The van der Waals surface area contributed by atoms with E-state index in [0.717, 1.165) is 36.8 Å². The third-order valence-corrected chi connectivity index (χ3v) is 6.57. The van der Waals surface area contributed by atoms with Gasteiger partial charge in [0.2, 0.25) is 5.91 Å². The van der Waals surface area contributed by atoms with Crippen molar-refractivity contribution in [3.63, 3.8) is 0 Å². The summed E-state index contributed by atoms with van der Waals surface area (Å²) in [4.78, 5) is 16.2. The van der Waals surface area contributed by atoms with Crippen LogP contribution in [0, 0.1) is 6.92 Å². The predicted molar refractivity (Wildman–Crippen MR) is 87.9 cm³/mol. The van der Waals surface area contributed by atoms with Crippen molar-refractivity contribution in [1.82, 2.24) is 15.2 Å². The SMILES string of the molecule is Cc1[nH]nc2ncc(NC(=O)CCS(=O)(=O)C3CCCC3)cc12. The molecule has 8 heteroatoms. The second-order valence-electron chi connectivity index (χ2n) is 6.02. The van der Waals surface area contributed by atoms with Gasteiger partial charge in [-0.15, -0.1) is 0 Å². The lowest BCUT2D eigenvalue weighted by Crippen LogP contribution is -2.24. The fraction of sp³-hybridized carbons (Fsp3) is 0.533. The fourth-order valence-corrected chi connectivity index (χ4v) is 4.82. The quantitative estimate of drug-likeness (QED) is 0.868. The van der Waals surface area contributed by atoms with Gasteiger partial charge >= 0.3 is 0 Å². The van der Waals surface area contributed by atoms with Gasteiger partial charge in [-0.2, -0.15) is 5.10 Å². The number of carbonyl (C=O) groups excluding carboxylic acids is 1. The van der Waals surface area contributed by atoms with Gasteiger partial charge in [-0.25, -0.2) is 13.4 Å². The number of aromatic nitrogens is 3. The van der Waals surface area contributed by atoms with E-state index in [9.17, 15) is 13.2 Å². The van der Waals surface area contributed by atoms with Gasteiger partial charge in [0.1, 0.15) is 0 Å². The van der Waals surface area contributed by atoms with Crippen molar-refractivity contribution in [3.8, 4) is 0 Å². The number of amides is 1. The molecular formula is C15H20N4O3S. The van der Waals surface area contributed by atoms with E-state index >= 15 is 0 Å². The molecule has 0 bridgehead atoms. The van der Waals surface area contributed by atoms with Crippen molar-refractivity contribution in [1.29, 1.82) is 0 Å². The highest BCUT2D eigenvalue weighted by Gasteiger charge is 2.28. The number of sulfone groups is 1. The Hall–Kier alpha value is -1.96. The minimum absolute atomic E-state index is 0.0265. The predicted octanol–water partition coefficient (Wildman–Crippen LogP) is 1.95. The van der Waals surface area contributed by atoms with E-state index in [4.69, 9.17) is 0 Å². The lowest BCUT2D eigenvalue weighted by atomic mass is 10.2. The van der Waals surface area contributed by atoms with Gasteiger partial charge in [0.15, 0.2) is 15.5 Å². The molecule has 0 radical (unpaired) electrons. The first kappa shape index (κ1) is 15.9. The van der Waals surface area contributed by atoms with E-state index in [1.54, 1.807) is 6.07 Å². The van der Waals surface area contributed by atoms with E-state index in [1.165, 1.54) is 6.20 Å². The number of pyridine rings is 1. The molecule has 2 aromatic heterocycles. The monoisotopic (exact) mass is 336 g/mol. The van der Waals surface area contributed by atoms with Crippen LogP contribution in [0.4, 0.5) is 5.69 Å². The minimum Gasteiger partial charge on any atom is -0.325 e. The van der Waals surface area contributed by atoms with Crippen LogP contribution in [0.25, 0.3) is 11.0 Å². The summed E-state index contributed by atoms with van der Waals surface area (Å²) in [6.07, 6.45) is 4.87. The molecule has 23 heavy (non-hydrogen) atoms. The summed E-state index contributed by atoms with van der Waals surface area (Å²) in [6.45, 7) is 1.87. The molecule has 2 heterocycles. The van der Waals surface area contributed by atoms with E-state index in [-0.39, 0.29) is 23.3 Å². The van der Waals surface area contributed by atoms with Crippen molar-refractivity contribution in [3.05, 3.63) is 18.0 Å². The van der Waals surface area contributed by atoms with Gasteiger partial charge in [-0.1, -0.05) is 12.8 Å². The van der Waals surface area contributed by atoms with E-state index < -0.39 is 9.84 Å². The average molecular weight is 336 g/mol. The maximum atomic E-state index is 12.2. The van der Waals surface area contributed by atoms with Crippen molar-refractivity contribution in [2.45, 2.75) is 44.3 Å². The van der Waals surface area contributed by atoms with Crippen LogP contribution in [0.3, 0.4) is 0 Å². The van der Waals surface area contributed by atoms with Crippen LogP contribution in [0.2, 0.25) is 0 Å². The first-order chi connectivity index (χ1) is 11.0. The summed E-state index contributed by atoms with van der Waals surface area (Å²) < 4.78 is 24.3. The third-order valence-electron chi connectivity index (χ3n) is 4.31. The number of aromatic amines is 1. The Morgan fingerprint density at radius 1 is 1.39 bits per heavy atom. The van der Waals surface area contributed by atoms with Gasteiger partial charge < -0.3 is 5.32 Å². The summed E-state index contributed by atoms with van der Waals surface area (Å²) >= 11 is 0. The zero-order valence-corrected chi connectivity index (χ0v) is 13.8. The lowest BCUT2D eigenvalue weighted by Gasteiger charge is -2.11. The molecule has 2 aromatic rings. The third kappa shape index (κ3) is 3.52. The second kappa shape index (κ2) is 6.27. The van der Waals surface area contributed by atoms with Crippen LogP contribution in [0.5, 0.6) is 0 Å². The van der Waals surface area contributed by atoms with Crippen LogP contribution in [0.15, 0.2) is 12.3 Å². The summed E-state index contributed by atoms with van der Waals surface area (Å²) in [7, 11) is -3.17. The summed E-state index contributed by atoms with van der Waals surface area (Å²) in [5, 5.41) is 10.1. The highest BCUT2D eigenvalue weighted by Crippen LogP contribution is 2.25. The first-order valence-corrected chi connectivity index (χ1v) is 9.49.